The van der Waals surface area contributed by atoms with Gasteiger partial charge in [0.25, 0.3) is 5.56 Å². The molecule has 0 radical (unpaired) electrons. The van der Waals surface area contributed by atoms with Gasteiger partial charge < -0.3 is 9.30 Å². The van der Waals surface area contributed by atoms with Crippen LogP contribution in [0.4, 0.5) is 0 Å². The normalized spacial score (nSPS) is 11.0. The number of imidazole rings is 1. The van der Waals surface area contributed by atoms with E-state index in [9.17, 15) is 14.9 Å². The predicted octanol–water partition coefficient (Wildman–Crippen LogP) is 2.57. The Morgan fingerprint density at radius 2 is 1.87 bits per heavy atom. The van der Waals surface area contributed by atoms with Crippen LogP contribution in [0.15, 0.2) is 64.4 Å². The fraction of sp³-hybridized carbons (Fsp3) is 0.182. The van der Waals surface area contributed by atoms with Crippen molar-refractivity contribution in [3.63, 3.8) is 0 Å². The molecular weight excluding hydrogens is 418 g/mol. The topological polar surface area (TPSA) is 94.8 Å². The minimum Gasteiger partial charge on any atom is -0.383 e. The van der Waals surface area contributed by atoms with Gasteiger partial charge in [-0.2, -0.15) is 5.26 Å². The molecule has 0 spiro atoms. The summed E-state index contributed by atoms with van der Waals surface area (Å²) in [6.45, 7) is 0.558. The monoisotopic (exact) mass is 435 g/mol. The summed E-state index contributed by atoms with van der Waals surface area (Å²) in [4.78, 5) is 30.9. The second-order valence-corrected chi connectivity index (χ2v) is 7.29. The fourth-order valence-electron chi connectivity index (χ4n) is 3.45. The van der Waals surface area contributed by atoms with E-state index >= 15 is 0 Å². The van der Waals surface area contributed by atoms with Gasteiger partial charge in [-0.3, -0.25) is 9.36 Å². The molecular formula is C22H18ClN5O3. The lowest BCUT2D eigenvalue weighted by Gasteiger charge is -2.13. The smallest absolute Gasteiger partial charge is 0.337 e. The zero-order valence-electron chi connectivity index (χ0n) is 16.7. The number of hydrogen-bond acceptors (Lipinski definition) is 5. The van der Waals surface area contributed by atoms with Gasteiger partial charge in [-0.05, 0) is 35.9 Å². The van der Waals surface area contributed by atoms with Crippen molar-refractivity contribution in [2.75, 3.05) is 13.7 Å². The molecule has 0 aliphatic carbocycles. The third kappa shape index (κ3) is 3.77. The number of methoxy groups -OCH3 is 1. The van der Waals surface area contributed by atoms with Crippen molar-refractivity contribution in [2.45, 2.75) is 13.1 Å². The van der Waals surface area contributed by atoms with Gasteiger partial charge in [-0.1, -0.05) is 29.8 Å². The maximum Gasteiger partial charge on any atom is 0.337 e. The van der Waals surface area contributed by atoms with Crippen LogP contribution in [0.1, 0.15) is 11.1 Å². The van der Waals surface area contributed by atoms with Gasteiger partial charge in [0.1, 0.15) is 0 Å². The van der Waals surface area contributed by atoms with Crippen LogP contribution < -0.4 is 11.2 Å². The highest BCUT2D eigenvalue weighted by Gasteiger charge is 2.19. The van der Waals surface area contributed by atoms with Crippen LogP contribution in [0.2, 0.25) is 5.02 Å². The molecule has 0 aliphatic rings. The number of fused-ring (bicyclic) bond motifs is 1. The SMILES string of the molecule is COCCn1c(=O)c2c(ncn2Cc2ccccc2C#N)n(-c2ccc(Cl)cc2)c1=O. The van der Waals surface area contributed by atoms with Crippen molar-refractivity contribution in [1.29, 1.82) is 5.26 Å². The van der Waals surface area contributed by atoms with Gasteiger partial charge in [-0.15, -0.1) is 0 Å². The third-order valence-electron chi connectivity index (χ3n) is 4.98. The molecule has 0 saturated heterocycles. The summed E-state index contributed by atoms with van der Waals surface area (Å²) in [5.41, 5.74) is 1.31. The highest BCUT2D eigenvalue weighted by molar-refractivity contribution is 6.30. The van der Waals surface area contributed by atoms with E-state index < -0.39 is 11.2 Å². The molecule has 2 aromatic carbocycles. The van der Waals surface area contributed by atoms with E-state index in [0.717, 1.165) is 10.1 Å². The van der Waals surface area contributed by atoms with Crippen molar-refractivity contribution >= 4 is 22.8 Å². The van der Waals surface area contributed by atoms with Crippen LogP contribution in [-0.2, 0) is 17.8 Å². The molecule has 0 bridgehead atoms. The molecule has 0 N–H and O–H groups in total. The molecule has 9 heteroatoms. The molecule has 8 nitrogen and oxygen atoms in total. The number of aromatic nitrogens is 4. The first-order valence-corrected chi connectivity index (χ1v) is 9.86. The highest BCUT2D eigenvalue weighted by atomic mass is 35.5. The largest absolute Gasteiger partial charge is 0.383 e. The summed E-state index contributed by atoms with van der Waals surface area (Å²) in [7, 11) is 1.50. The molecule has 0 fully saturated rings. The average Bonchev–Trinajstić information content (AvgIpc) is 3.19. The predicted molar refractivity (Wildman–Crippen MR) is 117 cm³/mol. The fourth-order valence-corrected chi connectivity index (χ4v) is 3.58. The Bertz CT molecular complexity index is 1410. The lowest BCUT2D eigenvalue weighted by atomic mass is 10.1. The average molecular weight is 436 g/mol. The Morgan fingerprint density at radius 3 is 2.58 bits per heavy atom. The summed E-state index contributed by atoms with van der Waals surface area (Å²) < 4.78 is 9.26. The standard InChI is InChI=1S/C22H18ClN5O3/c1-31-11-10-27-21(29)19-20(28(22(27)30)18-8-6-17(23)7-9-18)25-14-26(19)13-16-5-3-2-4-15(16)12-24/h2-9,14H,10-11,13H2,1H3. The van der Waals surface area contributed by atoms with E-state index in [1.807, 2.05) is 12.1 Å². The maximum atomic E-state index is 13.3. The highest BCUT2D eigenvalue weighted by Crippen LogP contribution is 2.18. The van der Waals surface area contributed by atoms with Crippen molar-refractivity contribution in [1.82, 2.24) is 18.7 Å². The molecule has 4 rings (SSSR count). The lowest BCUT2D eigenvalue weighted by Crippen LogP contribution is -2.41. The summed E-state index contributed by atoms with van der Waals surface area (Å²) in [6, 6.07) is 16.0. The molecule has 0 saturated carbocycles. The number of nitrogens with zero attached hydrogens (tertiary/aromatic N) is 5. The Balaban J connectivity index is 1.98. The molecule has 0 aliphatic heterocycles. The van der Waals surface area contributed by atoms with E-state index in [2.05, 4.69) is 11.1 Å². The van der Waals surface area contributed by atoms with Gasteiger partial charge in [0.2, 0.25) is 0 Å². The van der Waals surface area contributed by atoms with E-state index in [4.69, 9.17) is 16.3 Å². The number of ether oxygens (including phenoxy) is 1. The van der Waals surface area contributed by atoms with Crippen LogP contribution in [0.3, 0.4) is 0 Å². The Hall–Kier alpha value is -3.67. The quantitative estimate of drug-likeness (QED) is 0.464. The molecule has 2 aromatic heterocycles. The Morgan fingerprint density at radius 1 is 1.13 bits per heavy atom. The van der Waals surface area contributed by atoms with Crippen molar-refractivity contribution < 1.29 is 4.74 Å². The Kier molecular flexibility index (Phi) is 5.71. The lowest BCUT2D eigenvalue weighted by molar-refractivity contribution is 0.184. The summed E-state index contributed by atoms with van der Waals surface area (Å²) >= 11 is 6.00. The van der Waals surface area contributed by atoms with Gasteiger partial charge in [-0.25, -0.2) is 14.3 Å². The van der Waals surface area contributed by atoms with Gasteiger partial charge in [0.05, 0.1) is 43.3 Å². The van der Waals surface area contributed by atoms with Gasteiger partial charge >= 0.3 is 5.69 Å². The summed E-state index contributed by atoms with van der Waals surface area (Å²) in [5.74, 6) is 0. The maximum absolute atomic E-state index is 13.3. The van der Waals surface area contributed by atoms with Gasteiger partial charge in [0.15, 0.2) is 11.2 Å². The van der Waals surface area contributed by atoms with Crippen LogP contribution in [-0.4, -0.2) is 32.4 Å². The van der Waals surface area contributed by atoms with E-state index in [1.165, 1.54) is 18.0 Å². The molecule has 2 heterocycles. The summed E-state index contributed by atoms with van der Waals surface area (Å²) in [6.07, 6.45) is 1.51. The molecule has 4 aromatic rings. The molecule has 0 amide bonds. The number of benzene rings is 2. The molecule has 31 heavy (non-hydrogen) atoms. The summed E-state index contributed by atoms with van der Waals surface area (Å²) in [5, 5.41) is 9.92. The molecule has 0 atom stereocenters. The first-order valence-electron chi connectivity index (χ1n) is 9.48. The number of nitriles is 1. The minimum absolute atomic E-state index is 0.0949. The van der Waals surface area contributed by atoms with Crippen LogP contribution in [0.5, 0.6) is 0 Å². The number of hydrogen-bond donors (Lipinski definition) is 0. The first-order chi connectivity index (χ1) is 15.0. The first kappa shape index (κ1) is 20.6. The third-order valence-corrected chi connectivity index (χ3v) is 5.23. The number of halogens is 1. The second kappa shape index (κ2) is 8.60. The van der Waals surface area contributed by atoms with Gasteiger partial charge in [0, 0.05) is 12.1 Å². The zero-order valence-corrected chi connectivity index (χ0v) is 17.4. The van der Waals surface area contributed by atoms with Crippen molar-refractivity contribution in [3.8, 4) is 11.8 Å². The number of rotatable bonds is 6. The minimum atomic E-state index is -0.514. The molecule has 156 valence electrons. The molecule has 0 unspecified atom stereocenters. The Labute approximate surface area is 182 Å². The van der Waals surface area contributed by atoms with E-state index in [0.29, 0.717) is 16.3 Å². The van der Waals surface area contributed by atoms with E-state index in [1.54, 1.807) is 41.0 Å². The second-order valence-electron chi connectivity index (χ2n) is 6.86. The van der Waals surface area contributed by atoms with Crippen LogP contribution in [0, 0.1) is 11.3 Å². The van der Waals surface area contributed by atoms with Crippen molar-refractivity contribution in [3.05, 3.63) is 91.8 Å². The van der Waals surface area contributed by atoms with Crippen LogP contribution in [0.25, 0.3) is 16.9 Å². The van der Waals surface area contributed by atoms with Crippen molar-refractivity contribution in [2.24, 2.45) is 0 Å². The van der Waals surface area contributed by atoms with E-state index in [-0.39, 0.29) is 30.9 Å². The zero-order chi connectivity index (χ0) is 22.0. The van der Waals surface area contributed by atoms with Crippen LogP contribution >= 0.6 is 11.6 Å².